The van der Waals surface area contributed by atoms with Crippen LogP contribution in [0.4, 0.5) is 24.7 Å². The van der Waals surface area contributed by atoms with Gasteiger partial charge in [0.15, 0.2) is 6.04 Å². The predicted molar refractivity (Wildman–Crippen MR) is 100 cm³/mol. The fourth-order valence-corrected chi connectivity index (χ4v) is 2.76. The van der Waals surface area contributed by atoms with E-state index in [4.69, 9.17) is 9.26 Å². The third kappa shape index (κ3) is 5.49. The van der Waals surface area contributed by atoms with Crippen molar-refractivity contribution in [1.29, 1.82) is 0 Å². The Morgan fingerprint density at radius 2 is 2.00 bits per heavy atom. The number of rotatable bonds is 6. The number of benzene rings is 2. The smallest absolute Gasteiger partial charge is 0.416 e. The Morgan fingerprint density at radius 1 is 1.27 bits per heavy atom. The van der Waals surface area contributed by atoms with Crippen LogP contribution in [0.15, 0.2) is 64.2 Å². The number of amidine groups is 1. The molecule has 0 aliphatic carbocycles. The van der Waals surface area contributed by atoms with Gasteiger partial charge in [-0.15, -0.1) is 0 Å². The first-order valence-electron chi connectivity index (χ1n) is 8.95. The Hall–Kier alpha value is -3.56. The van der Waals surface area contributed by atoms with Gasteiger partial charge in [-0.25, -0.2) is 4.99 Å². The lowest BCUT2D eigenvalue weighted by atomic mass is 10.1. The Bertz CT molecular complexity index is 1020. The Labute approximate surface area is 170 Å². The van der Waals surface area contributed by atoms with Crippen LogP contribution in [-0.4, -0.2) is 18.4 Å². The van der Waals surface area contributed by atoms with Crippen LogP contribution in [-0.2, 0) is 12.6 Å². The van der Waals surface area contributed by atoms with E-state index in [0.29, 0.717) is 6.42 Å². The molecule has 0 amide bonds. The van der Waals surface area contributed by atoms with Gasteiger partial charge in [0.25, 0.3) is 6.20 Å². The van der Waals surface area contributed by atoms with Crippen LogP contribution in [0.25, 0.3) is 0 Å². The Balaban J connectivity index is 1.72. The minimum atomic E-state index is -4.59. The molecule has 10 heteroatoms. The molecule has 0 aliphatic rings. The van der Waals surface area contributed by atoms with Crippen molar-refractivity contribution >= 4 is 17.6 Å². The van der Waals surface area contributed by atoms with Gasteiger partial charge in [-0.1, -0.05) is 30.3 Å². The van der Waals surface area contributed by atoms with Crippen LogP contribution in [0.3, 0.4) is 0 Å². The van der Waals surface area contributed by atoms with Crippen molar-refractivity contribution < 1.29 is 32.2 Å². The average Bonchev–Trinajstić information content (AvgIpc) is 3.16. The first kappa shape index (κ1) is 21.2. The molecule has 7 nitrogen and oxygen atoms in total. The van der Waals surface area contributed by atoms with E-state index in [1.165, 1.54) is 24.1 Å². The van der Waals surface area contributed by atoms with Crippen LogP contribution in [0, 0.1) is 0 Å². The van der Waals surface area contributed by atoms with Crippen molar-refractivity contribution in [3.8, 4) is 5.75 Å². The number of alkyl halides is 3. The van der Waals surface area contributed by atoms with Gasteiger partial charge in [-0.2, -0.15) is 13.2 Å². The maximum Gasteiger partial charge on any atom is 0.416 e. The minimum absolute atomic E-state index is 0.0487. The summed E-state index contributed by atoms with van der Waals surface area (Å²) in [4.78, 5) is 3.69. The van der Waals surface area contributed by atoms with Crippen molar-refractivity contribution in [1.82, 2.24) is 5.27 Å². The number of aliphatic imine (C=N–C) groups is 1. The zero-order chi connectivity index (χ0) is 21.7. The average molecular weight is 420 g/mol. The highest BCUT2D eigenvalue weighted by atomic mass is 19.4. The molecule has 0 bridgehead atoms. The van der Waals surface area contributed by atoms with Crippen LogP contribution >= 0.6 is 0 Å². The number of nitrogens with one attached hydrogen (secondary N) is 1. The lowest BCUT2D eigenvalue weighted by Crippen LogP contribution is -2.39. The monoisotopic (exact) mass is 420 g/mol. The summed E-state index contributed by atoms with van der Waals surface area (Å²) in [6, 6.07) is 11.7. The summed E-state index contributed by atoms with van der Waals surface area (Å²) in [5.41, 5.74) is 0.0416. The van der Waals surface area contributed by atoms with Crippen LogP contribution in [0.2, 0.25) is 0 Å². The Morgan fingerprint density at radius 3 is 2.67 bits per heavy atom. The van der Waals surface area contributed by atoms with Crippen LogP contribution < -0.4 is 19.8 Å². The van der Waals surface area contributed by atoms with Gasteiger partial charge in [-0.3, -0.25) is 4.52 Å². The van der Waals surface area contributed by atoms with Crippen LogP contribution in [0.5, 0.6) is 5.75 Å². The van der Waals surface area contributed by atoms with Gasteiger partial charge in [0, 0.05) is 25.1 Å². The molecule has 3 aromatic rings. The van der Waals surface area contributed by atoms with Crippen LogP contribution in [0.1, 0.15) is 24.1 Å². The van der Waals surface area contributed by atoms with E-state index in [1.54, 1.807) is 0 Å². The third-order valence-corrected chi connectivity index (χ3v) is 4.23. The molecular formula is C20H19F3N4O3. The van der Waals surface area contributed by atoms with E-state index < -0.39 is 17.8 Å². The van der Waals surface area contributed by atoms with E-state index in [1.807, 2.05) is 37.3 Å². The highest BCUT2D eigenvalue weighted by Gasteiger charge is 2.31. The standard InChI is InChI=1S/C20H19F3N4O3/c1-13(8-14-6-4-3-5-7-14)27-12-18(30-26-27)25-19(28)24-16-9-15(20(21,22)23)10-17(11-16)29-2/h3-7,9-13H,8H2,1-2H3,(H-,24,25,26,28). The SMILES string of the molecule is COc1cc(N/C([O-])=N/c2c[n+](C(C)Cc3ccccc3)no2)cc(C(F)(F)F)c1. The summed E-state index contributed by atoms with van der Waals surface area (Å²) in [5, 5.41) is 18.2. The van der Waals surface area contributed by atoms with E-state index in [2.05, 4.69) is 15.6 Å². The lowest BCUT2D eigenvalue weighted by Gasteiger charge is -2.15. The van der Waals surface area contributed by atoms with E-state index in [0.717, 1.165) is 17.7 Å². The molecule has 1 aromatic heterocycles. The fraction of sp³-hybridized carbons (Fsp3) is 0.250. The van der Waals surface area contributed by atoms with Crippen molar-refractivity contribution in [3.63, 3.8) is 0 Å². The van der Waals surface area contributed by atoms with Gasteiger partial charge in [0.1, 0.15) is 5.75 Å². The lowest BCUT2D eigenvalue weighted by molar-refractivity contribution is -0.782. The number of halogens is 3. The molecule has 0 saturated heterocycles. The van der Waals surface area contributed by atoms with E-state index in [9.17, 15) is 18.3 Å². The van der Waals surface area contributed by atoms with Crippen molar-refractivity contribution in [2.75, 3.05) is 12.4 Å². The summed E-state index contributed by atoms with van der Waals surface area (Å²) in [6.45, 7) is 1.92. The number of aromatic nitrogens is 2. The molecule has 3 rings (SSSR count). The largest absolute Gasteiger partial charge is 0.846 e. The second-order valence-electron chi connectivity index (χ2n) is 6.55. The highest BCUT2D eigenvalue weighted by Crippen LogP contribution is 2.34. The highest BCUT2D eigenvalue weighted by molar-refractivity contribution is 5.87. The molecule has 0 fully saturated rings. The summed E-state index contributed by atoms with van der Waals surface area (Å²) in [6.07, 6.45) is -2.45. The molecule has 0 aliphatic heterocycles. The summed E-state index contributed by atoms with van der Waals surface area (Å²) < 4.78 is 50.4. The second-order valence-corrected chi connectivity index (χ2v) is 6.55. The molecule has 0 spiro atoms. The molecule has 30 heavy (non-hydrogen) atoms. The van der Waals surface area contributed by atoms with E-state index in [-0.39, 0.29) is 23.4 Å². The van der Waals surface area contributed by atoms with Crippen molar-refractivity contribution in [2.45, 2.75) is 25.6 Å². The molecule has 1 N–H and O–H groups in total. The molecular weight excluding hydrogens is 401 g/mol. The van der Waals surface area contributed by atoms with Gasteiger partial charge in [0.2, 0.25) is 5.27 Å². The molecule has 1 unspecified atom stereocenters. The van der Waals surface area contributed by atoms with E-state index >= 15 is 0 Å². The normalized spacial score (nSPS) is 13.2. The predicted octanol–water partition coefficient (Wildman–Crippen LogP) is 3.25. The first-order chi connectivity index (χ1) is 14.2. The van der Waals surface area contributed by atoms with Gasteiger partial charge in [-0.05, 0) is 22.4 Å². The quantitative estimate of drug-likeness (QED) is 0.376. The second kappa shape index (κ2) is 8.85. The number of anilines is 1. The number of ether oxygens (including phenoxy) is 1. The number of hydrogen-bond donors (Lipinski definition) is 1. The number of hydrogen-bond acceptors (Lipinski definition) is 5. The number of methoxy groups -OCH3 is 1. The maximum absolute atomic E-state index is 13.0. The minimum Gasteiger partial charge on any atom is -0.846 e. The van der Waals surface area contributed by atoms with Gasteiger partial charge in [0.05, 0.1) is 18.7 Å². The summed E-state index contributed by atoms with van der Waals surface area (Å²) >= 11 is 0. The Kier molecular flexibility index (Phi) is 6.24. The van der Waals surface area contributed by atoms with Gasteiger partial charge < -0.3 is 15.2 Å². The summed E-state index contributed by atoms with van der Waals surface area (Å²) in [5.74, 6) is -0.126. The molecule has 0 saturated carbocycles. The summed E-state index contributed by atoms with van der Waals surface area (Å²) in [7, 11) is 1.23. The molecule has 0 radical (unpaired) electrons. The third-order valence-electron chi connectivity index (χ3n) is 4.23. The fourth-order valence-electron chi connectivity index (χ4n) is 2.76. The van der Waals surface area contributed by atoms with Crippen molar-refractivity contribution in [2.24, 2.45) is 4.99 Å². The topological polar surface area (TPSA) is 86.6 Å². The number of nitrogens with zero attached hydrogens (tertiary/aromatic N) is 3. The van der Waals surface area contributed by atoms with Crippen molar-refractivity contribution in [3.05, 3.63) is 65.9 Å². The zero-order valence-electron chi connectivity index (χ0n) is 16.2. The molecule has 158 valence electrons. The zero-order valence-corrected chi connectivity index (χ0v) is 16.2. The first-order valence-corrected chi connectivity index (χ1v) is 8.95. The molecule has 1 heterocycles. The molecule has 1 atom stereocenters. The molecule has 2 aromatic carbocycles. The maximum atomic E-state index is 13.0. The van der Waals surface area contributed by atoms with Gasteiger partial charge >= 0.3 is 12.1 Å².